The lowest BCUT2D eigenvalue weighted by Gasteiger charge is -2.11. The summed E-state index contributed by atoms with van der Waals surface area (Å²) >= 11 is 0. The molecule has 26 heavy (non-hydrogen) atoms. The highest BCUT2D eigenvalue weighted by Crippen LogP contribution is 2.17. The second-order valence-corrected chi connectivity index (χ2v) is 6.34. The molecule has 5 nitrogen and oxygen atoms in total. The summed E-state index contributed by atoms with van der Waals surface area (Å²) in [7, 11) is 0. The van der Waals surface area contributed by atoms with Crippen molar-refractivity contribution in [1.82, 2.24) is 0 Å². The van der Waals surface area contributed by atoms with E-state index in [1.165, 1.54) is 0 Å². The zero-order valence-electron chi connectivity index (χ0n) is 15.9. The van der Waals surface area contributed by atoms with E-state index >= 15 is 0 Å². The summed E-state index contributed by atoms with van der Waals surface area (Å²) in [5.41, 5.74) is 9.16. The lowest BCUT2D eigenvalue weighted by atomic mass is 10.1. The van der Waals surface area contributed by atoms with Gasteiger partial charge in [0.25, 0.3) is 0 Å². The normalized spacial score (nSPS) is 11.6. The van der Waals surface area contributed by atoms with Gasteiger partial charge in [-0.05, 0) is 55.7 Å². The first kappa shape index (κ1) is 19.8. The molecule has 0 amide bonds. The largest absolute Gasteiger partial charge is 0.491 e. The van der Waals surface area contributed by atoms with E-state index in [-0.39, 0.29) is 6.10 Å². The van der Waals surface area contributed by atoms with Crippen molar-refractivity contribution in [2.45, 2.75) is 46.4 Å². The highest BCUT2D eigenvalue weighted by molar-refractivity contribution is 5.92. The smallest absolute Gasteiger partial charge is 0.193 e. The van der Waals surface area contributed by atoms with Crippen molar-refractivity contribution in [3.05, 3.63) is 59.7 Å². The minimum Gasteiger partial charge on any atom is -0.491 e. The van der Waals surface area contributed by atoms with Crippen molar-refractivity contribution in [2.75, 3.05) is 11.9 Å². The number of nitrogens with one attached hydrogen (secondary N) is 1. The molecule has 0 aliphatic heterocycles. The van der Waals surface area contributed by atoms with Crippen molar-refractivity contribution < 1.29 is 9.47 Å². The third kappa shape index (κ3) is 6.76. The van der Waals surface area contributed by atoms with Gasteiger partial charge in [-0.2, -0.15) is 0 Å². The van der Waals surface area contributed by atoms with E-state index in [0.29, 0.717) is 19.1 Å². The van der Waals surface area contributed by atoms with Crippen LogP contribution in [0.5, 0.6) is 5.75 Å². The van der Waals surface area contributed by atoms with Gasteiger partial charge in [0.1, 0.15) is 5.75 Å². The van der Waals surface area contributed by atoms with E-state index in [1.54, 1.807) is 0 Å². The Morgan fingerprint density at radius 1 is 1.08 bits per heavy atom. The Bertz CT molecular complexity index is 697. The summed E-state index contributed by atoms with van der Waals surface area (Å²) in [6, 6.07) is 15.8. The number of nitrogens with zero attached hydrogens (tertiary/aromatic N) is 1. The van der Waals surface area contributed by atoms with Gasteiger partial charge >= 0.3 is 0 Å². The second kappa shape index (κ2) is 10.5. The molecule has 0 saturated carbocycles. The number of ether oxygens (including phenoxy) is 2. The minimum atomic E-state index is 0.154. The van der Waals surface area contributed by atoms with Crippen LogP contribution < -0.4 is 15.8 Å². The molecule has 0 aliphatic rings. The van der Waals surface area contributed by atoms with Crippen molar-refractivity contribution in [1.29, 1.82) is 0 Å². The van der Waals surface area contributed by atoms with E-state index in [0.717, 1.165) is 35.6 Å². The zero-order chi connectivity index (χ0) is 18.8. The van der Waals surface area contributed by atoms with Crippen LogP contribution in [0.3, 0.4) is 0 Å². The quantitative estimate of drug-likeness (QED) is 0.399. The Kier molecular flexibility index (Phi) is 7.96. The molecule has 140 valence electrons. The third-order valence-electron chi connectivity index (χ3n) is 3.64. The van der Waals surface area contributed by atoms with Crippen LogP contribution in [0.1, 0.15) is 38.3 Å². The summed E-state index contributed by atoms with van der Waals surface area (Å²) in [4.78, 5) is 4.45. The Hall–Kier alpha value is -2.53. The lowest BCUT2D eigenvalue weighted by molar-refractivity contribution is 0.121. The summed E-state index contributed by atoms with van der Waals surface area (Å²) in [6.07, 6.45) is 1.17. The molecule has 2 aromatic rings. The van der Waals surface area contributed by atoms with Crippen LogP contribution in [-0.4, -0.2) is 18.7 Å². The highest BCUT2D eigenvalue weighted by atomic mass is 16.5. The van der Waals surface area contributed by atoms with E-state index in [2.05, 4.69) is 29.4 Å². The van der Waals surface area contributed by atoms with Crippen LogP contribution in [-0.2, 0) is 17.9 Å². The van der Waals surface area contributed by atoms with Crippen LogP contribution in [0, 0.1) is 0 Å². The number of hydrogen-bond acceptors (Lipinski definition) is 3. The van der Waals surface area contributed by atoms with Crippen LogP contribution in [0.15, 0.2) is 53.5 Å². The fourth-order valence-corrected chi connectivity index (χ4v) is 2.43. The number of rotatable bonds is 9. The molecule has 2 aromatic carbocycles. The maximum absolute atomic E-state index is 6.02. The van der Waals surface area contributed by atoms with Gasteiger partial charge in [0.05, 0.1) is 19.3 Å². The van der Waals surface area contributed by atoms with Crippen molar-refractivity contribution >= 4 is 11.6 Å². The second-order valence-electron chi connectivity index (χ2n) is 6.34. The van der Waals surface area contributed by atoms with Gasteiger partial charge in [0, 0.05) is 12.3 Å². The predicted molar refractivity (Wildman–Crippen MR) is 108 cm³/mol. The highest BCUT2D eigenvalue weighted by Gasteiger charge is 2.03. The van der Waals surface area contributed by atoms with Gasteiger partial charge in [-0.1, -0.05) is 31.2 Å². The summed E-state index contributed by atoms with van der Waals surface area (Å²) < 4.78 is 11.3. The molecule has 0 aliphatic carbocycles. The number of anilines is 1. The van der Waals surface area contributed by atoms with Gasteiger partial charge in [-0.3, -0.25) is 0 Å². The minimum absolute atomic E-state index is 0.154. The molecule has 0 fully saturated rings. The first-order chi connectivity index (χ1) is 12.6. The fourth-order valence-electron chi connectivity index (χ4n) is 2.43. The molecule has 0 atom stereocenters. The number of hydrogen-bond donors (Lipinski definition) is 2. The van der Waals surface area contributed by atoms with Gasteiger partial charge < -0.3 is 20.5 Å². The molecule has 0 bridgehead atoms. The van der Waals surface area contributed by atoms with Crippen LogP contribution >= 0.6 is 0 Å². The average molecular weight is 355 g/mol. The number of guanidine groups is 1. The van der Waals surface area contributed by atoms with Crippen LogP contribution in [0.25, 0.3) is 0 Å². The van der Waals surface area contributed by atoms with Crippen molar-refractivity contribution in [2.24, 2.45) is 10.7 Å². The first-order valence-electron chi connectivity index (χ1n) is 9.06. The predicted octanol–water partition coefficient (Wildman–Crippen LogP) is 4.33. The average Bonchev–Trinajstić information content (AvgIpc) is 2.62. The third-order valence-corrected chi connectivity index (χ3v) is 3.64. The first-order valence-corrected chi connectivity index (χ1v) is 9.06. The van der Waals surface area contributed by atoms with Gasteiger partial charge in [0.15, 0.2) is 5.96 Å². The molecule has 0 unspecified atom stereocenters. The molecule has 2 rings (SSSR count). The van der Waals surface area contributed by atoms with Gasteiger partial charge in [0.2, 0.25) is 0 Å². The molecule has 0 radical (unpaired) electrons. The number of nitrogens with two attached hydrogens (primary N) is 1. The van der Waals surface area contributed by atoms with Crippen molar-refractivity contribution in [3.8, 4) is 5.75 Å². The fraction of sp³-hybridized carbons (Fsp3) is 0.381. The topological polar surface area (TPSA) is 68.9 Å². The molecule has 0 aromatic heterocycles. The Balaban J connectivity index is 1.94. The van der Waals surface area contributed by atoms with E-state index < -0.39 is 0 Å². The van der Waals surface area contributed by atoms with Crippen LogP contribution in [0.2, 0.25) is 0 Å². The number of aliphatic imine (C=N–C) groups is 1. The maximum Gasteiger partial charge on any atom is 0.193 e. The summed E-state index contributed by atoms with van der Waals surface area (Å²) in [5.74, 6) is 1.22. The zero-order valence-corrected chi connectivity index (χ0v) is 15.9. The van der Waals surface area contributed by atoms with E-state index in [1.807, 2.05) is 50.2 Å². The molecule has 5 heteroatoms. The molecular weight excluding hydrogens is 326 g/mol. The van der Waals surface area contributed by atoms with E-state index in [4.69, 9.17) is 15.2 Å². The summed E-state index contributed by atoms with van der Waals surface area (Å²) in [5, 5.41) is 3.11. The van der Waals surface area contributed by atoms with E-state index in [9.17, 15) is 0 Å². The molecule has 0 heterocycles. The number of benzene rings is 2. The standard InChI is InChI=1S/C21H29N3O2/c1-4-13-25-15-18-8-6-5-7-17(18)14-23-21(22)24-19-9-11-20(12-10-19)26-16(2)3/h5-12,16H,4,13-15H2,1-3H3,(H3,22,23,24). The van der Waals surface area contributed by atoms with Crippen molar-refractivity contribution in [3.63, 3.8) is 0 Å². The Labute approximate surface area is 156 Å². The van der Waals surface area contributed by atoms with Gasteiger partial charge in [-0.25, -0.2) is 4.99 Å². The molecule has 3 N–H and O–H groups in total. The van der Waals surface area contributed by atoms with Crippen LogP contribution in [0.4, 0.5) is 5.69 Å². The van der Waals surface area contributed by atoms with Gasteiger partial charge in [-0.15, -0.1) is 0 Å². The Morgan fingerprint density at radius 2 is 1.77 bits per heavy atom. The molecule has 0 saturated heterocycles. The lowest BCUT2D eigenvalue weighted by Crippen LogP contribution is -2.22. The summed E-state index contributed by atoms with van der Waals surface area (Å²) in [6.45, 7) is 7.98. The maximum atomic E-state index is 6.02. The molecular formula is C21H29N3O2. The SMILES string of the molecule is CCCOCc1ccccc1CN=C(N)Nc1ccc(OC(C)C)cc1. The monoisotopic (exact) mass is 355 g/mol. The molecule has 0 spiro atoms. The Morgan fingerprint density at radius 3 is 2.42 bits per heavy atom.